The molecule has 18 heavy (non-hydrogen) atoms. The standard InChI is InChI=1S/C16H24O2/c1-12-9-13(2)11-16(10-12)18-14(3)17-15-7-5-4-6-8-15/h9-11,14-15H,4-8H2,1-3H3. The van der Waals surface area contributed by atoms with E-state index in [-0.39, 0.29) is 6.29 Å². The lowest BCUT2D eigenvalue weighted by atomic mass is 9.98. The molecule has 1 atom stereocenters. The third-order valence-electron chi connectivity index (χ3n) is 3.43. The molecule has 0 amide bonds. The van der Waals surface area contributed by atoms with Crippen molar-refractivity contribution in [3.05, 3.63) is 29.3 Å². The predicted octanol–water partition coefficient (Wildman–Crippen LogP) is 4.38. The summed E-state index contributed by atoms with van der Waals surface area (Å²) in [7, 11) is 0. The molecule has 1 unspecified atom stereocenters. The van der Waals surface area contributed by atoms with Crippen LogP contribution in [0.2, 0.25) is 0 Å². The van der Waals surface area contributed by atoms with E-state index in [1.54, 1.807) is 0 Å². The van der Waals surface area contributed by atoms with Gasteiger partial charge in [0.25, 0.3) is 0 Å². The van der Waals surface area contributed by atoms with E-state index < -0.39 is 0 Å². The molecule has 2 rings (SSSR count). The first-order valence-corrected chi connectivity index (χ1v) is 7.04. The largest absolute Gasteiger partial charge is 0.465 e. The predicted molar refractivity (Wildman–Crippen MR) is 74.0 cm³/mol. The first kappa shape index (κ1) is 13.4. The zero-order chi connectivity index (χ0) is 13.0. The molecule has 0 spiro atoms. The Labute approximate surface area is 110 Å². The zero-order valence-electron chi connectivity index (χ0n) is 11.7. The Morgan fingerprint density at radius 3 is 2.22 bits per heavy atom. The van der Waals surface area contributed by atoms with Crippen LogP contribution in [0, 0.1) is 13.8 Å². The second-order valence-corrected chi connectivity index (χ2v) is 5.40. The molecular weight excluding hydrogens is 224 g/mol. The minimum atomic E-state index is -0.158. The van der Waals surface area contributed by atoms with Gasteiger partial charge >= 0.3 is 0 Å². The van der Waals surface area contributed by atoms with Crippen LogP contribution in [0.4, 0.5) is 0 Å². The van der Waals surface area contributed by atoms with Gasteiger partial charge in [-0.25, -0.2) is 0 Å². The fourth-order valence-electron chi connectivity index (χ4n) is 2.69. The van der Waals surface area contributed by atoms with Crippen molar-refractivity contribution in [1.82, 2.24) is 0 Å². The van der Waals surface area contributed by atoms with Gasteiger partial charge in [-0.2, -0.15) is 0 Å². The van der Waals surface area contributed by atoms with Crippen LogP contribution in [0.5, 0.6) is 5.75 Å². The van der Waals surface area contributed by atoms with Crippen molar-refractivity contribution in [1.29, 1.82) is 0 Å². The topological polar surface area (TPSA) is 18.5 Å². The maximum atomic E-state index is 5.95. The highest BCUT2D eigenvalue weighted by Crippen LogP contribution is 2.23. The van der Waals surface area contributed by atoms with Gasteiger partial charge in [0.2, 0.25) is 0 Å². The van der Waals surface area contributed by atoms with Gasteiger partial charge in [-0.15, -0.1) is 0 Å². The fourth-order valence-corrected chi connectivity index (χ4v) is 2.69. The second-order valence-electron chi connectivity index (χ2n) is 5.40. The molecular formula is C16H24O2. The van der Waals surface area contributed by atoms with E-state index in [0.717, 1.165) is 5.75 Å². The first-order valence-electron chi connectivity index (χ1n) is 7.04. The number of benzene rings is 1. The van der Waals surface area contributed by atoms with Crippen LogP contribution in [-0.4, -0.2) is 12.4 Å². The third-order valence-corrected chi connectivity index (χ3v) is 3.43. The van der Waals surface area contributed by atoms with Crippen LogP contribution >= 0.6 is 0 Å². The maximum absolute atomic E-state index is 5.95. The van der Waals surface area contributed by atoms with E-state index in [1.165, 1.54) is 43.2 Å². The number of hydrogen-bond donors (Lipinski definition) is 0. The maximum Gasteiger partial charge on any atom is 0.197 e. The highest BCUT2D eigenvalue weighted by Gasteiger charge is 2.17. The van der Waals surface area contributed by atoms with Crippen LogP contribution < -0.4 is 4.74 Å². The lowest BCUT2D eigenvalue weighted by Gasteiger charge is -2.26. The highest BCUT2D eigenvalue weighted by molar-refractivity contribution is 5.33. The quantitative estimate of drug-likeness (QED) is 0.736. The Bertz CT molecular complexity index is 360. The molecule has 0 N–H and O–H groups in total. The Morgan fingerprint density at radius 1 is 1.00 bits per heavy atom. The second kappa shape index (κ2) is 6.24. The molecule has 0 saturated heterocycles. The summed E-state index contributed by atoms with van der Waals surface area (Å²) in [5.41, 5.74) is 2.46. The summed E-state index contributed by atoms with van der Waals surface area (Å²) < 4.78 is 11.8. The van der Waals surface area contributed by atoms with E-state index in [1.807, 2.05) is 6.92 Å². The van der Waals surface area contributed by atoms with Crippen molar-refractivity contribution in [2.45, 2.75) is 65.3 Å². The van der Waals surface area contributed by atoms with Gasteiger partial charge < -0.3 is 9.47 Å². The van der Waals surface area contributed by atoms with Crippen molar-refractivity contribution in [3.8, 4) is 5.75 Å². The zero-order valence-corrected chi connectivity index (χ0v) is 11.7. The van der Waals surface area contributed by atoms with Crippen LogP contribution in [-0.2, 0) is 4.74 Å². The summed E-state index contributed by atoms with van der Waals surface area (Å²) >= 11 is 0. The van der Waals surface area contributed by atoms with Crippen LogP contribution in [0.3, 0.4) is 0 Å². The molecule has 0 bridgehead atoms. The third kappa shape index (κ3) is 4.02. The average molecular weight is 248 g/mol. The van der Waals surface area contributed by atoms with E-state index in [4.69, 9.17) is 9.47 Å². The Kier molecular flexibility index (Phi) is 4.65. The van der Waals surface area contributed by atoms with Crippen LogP contribution in [0.25, 0.3) is 0 Å². The minimum absolute atomic E-state index is 0.158. The van der Waals surface area contributed by atoms with Gasteiger partial charge in [-0.05, 0) is 56.9 Å². The Morgan fingerprint density at radius 2 is 1.61 bits per heavy atom. The molecule has 1 saturated carbocycles. The molecule has 1 fully saturated rings. The summed E-state index contributed by atoms with van der Waals surface area (Å²) in [6.07, 6.45) is 6.53. The van der Waals surface area contributed by atoms with Crippen LogP contribution in [0.15, 0.2) is 18.2 Å². The molecule has 0 aliphatic heterocycles. The van der Waals surface area contributed by atoms with E-state index >= 15 is 0 Å². The molecule has 1 aliphatic rings. The van der Waals surface area contributed by atoms with Crippen molar-refractivity contribution in [2.75, 3.05) is 0 Å². The van der Waals surface area contributed by atoms with Crippen LogP contribution in [0.1, 0.15) is 50.2 Å². The lowest BCUT2D eigenvalue weighted by molar-refractivity contribution is -0.116. The van der Waals surface area contributed by atoms with Crippen molar-refractivity contribution < 1.29 is 9.47 Å². The summed E-state index contributed by atoms with van der Waals surface area (Å²) in [6.45, 7) is 6.17. The average Bonchev–Trinajstić information content (AvgIpc) is 2.28. The summed E-state index contributed by atoms with van der Waals surface area (Å²) in [5.74, 6) is 0.913. The number of rotatable bonds is 4. The minimum Gasteiger partial charge on any atom is -0.465 e. The molecule has 100 valence electrons. The van der Waals surface area contributed by atoms with E-state index in [0.29, 0.717) is 6.10 Å². The molecule has 2 nitrogen and oxygen atoms in total. The summed E-state index contributed by atoms with van der Waals surface area (Å²) in [4.78, 5) is 0. The van der Waals surface area contributed by atoms with E-state index in [2.05, 4.69) is 32.0 Å². The van der Waals surface area contributed by atoms with Crippen molar-refractivity contribution in [3.63, 3.8) is 0 Å². The molecule has 1 aliphatic carbocycles. The molecule has 0 radical (unpaired) electrons. The van der Waals surface area contributed by atoms with Gasteiger partial charge in [0, 0.05) is 0 Å². The summed E-state index contributed by atoms with van der Waals surface area (Å²) in [5, 5.41) is 0. The van der Waals surface area contributed by atoms with Gasteiger partial charge in [-0.1, -0.05) is 25.3 Å². The molecule has 1 aromatic rings. The van der Waals surface area contributed by atoms with E-state index in [9.17, 15) is 0 Å². The normalized spacial score (nSPS) is 18.6. The van der Waals surface area contributed by atoms with Gasteiger partial charge in [0.1, 0.15) is 5.75 Å². The SMILES string of the molecule is Cc1cc(C)cc(OC(C)OC2CCCCC2)c1. The monoisotopic (exact) mass is 248 g/mol. The first-order chi connectivity index (χ1) is 8.63. The number of aryl methyl sites for hydroxylation is 2. The molecule has 1 aromatic carbocycles. The van der Waals surface area contributed by atoms with Gasteiger partial charge in [-0.3, -0.25) is 0 Å². The van der Waals surface area contributed by atoms with Crippen molar-refractivity contribution in [2.24, 2.45) is 0 Å². The van der Waals surface area contributed by atoms with Gasteiger partial charge in [0.05, 0.1) is 6.10 Å². The molecule has 2 heteroatoms. The molecule has 0 aromatic heterocycles. The molecule has 0 heterocycles. The Hall–Kier alpha value is -1.02. The fraction of sp³-hybridized carbons (Fsp3) is 0.625. The smallest absolute Gasteiger partial charge is 0.197 e. The number of ether oxygens (including phenoxy) is 2. The summed E-state index contributed by atoms with van der Waals surface area (Å²) in [6, 6.07) is 6.28. The van der Waals surface area contributed by atoms with Gasteiger partial charge in [0.15, 0.2) is 6.29 Å². The number of hydrogen-bond acceptors (Lipinski definition) is 2. The lowest BCUT2D eigenvalue weighted by Crippen LogP contribution is -2.26. The van der Waals surface area contributed by atoms with Crippen molar-refractivity contribution >= 4 is 0 Å². The Balaban J connectivity index is 1.87. The highest BCUT2D eigenvalue weighted by atomic mass is 16.7.